The van der Waals surface area contributed by atoms with Crippen molar-refractivity contribution in [3.63, 3.8) is 0 Å². The minimum Gasteiger partial charge on any atom is -0.481 e. The van der Waals surface area contributed by atoms with E-state index in [1.165, 1.54) is 5.57 Å². The van der Waals surface area contributed by atoms with Gasteiger partial charge in [-0.15, -0.1) is 0 Å². The average molecular weight is 301 g/mol. The molecular weight excluding hydrogens is 278 g/mol. The molecule has 118 valence electrons. The first-order valence-corrected chi connectivity index (χ1v) is 7.81. The molecule has 1 N–H and O–H groups in total. The minimum atomic E-state index is -0.816. The van der Waals surface area contributed by atoms with Gasteiger partial charge in [-0.25, -0.2) is 0 Å². The van der Waals surface area contributed by atoms with Crippen LogP contribution in [-0.4, -0.2) is 28.4 Å². The second-order valence-electron chi connectivity index (χ2n) is 5.82. The summed E-state index contributed by atoms with van der Waals surface area (Å²) < 4.78 is 0. The summed E-state index contributed by atoms with van der Waals surface area (Å²) >= 11 is 0. The van der Waals surface area contributed by atoms with E-state index in [2.05, 4.69) is 0 Å². The number of benzene rings is 1. The predicted molar refractivity (Wildman–Crippen MR) is 85.3 cm³/mol. The first-order chi connectivity index (χ1) is 10.6. The number of amides is 1. The Morgan fingerprint density at radius 1 is 1.18 bits per heavy atom. The van der Waals surface area contributed by atoms with Crippen molar-refractivity contribution in [1.82, 2.24) is 4.90 Å². The fourth-order valence-corrected chi connectivity index (χ4v) is 2.85. The van der Waals surface area contributed by atoms with Crippen LogP contribution in [0.1, 0.15) is 44.6 Å². The van der Waals surface area contributed by atoms with Gasteiger partial charge < -0.3 is 10.0 Å². The average Bonchev–Trinajstić information content (AvgIpc) is 2.92. The Kier molecular flexibility index (Phi) is 5.75. The van der Waals surface area contributed by atoms with Crippen LogP contribution in [0.2, 0.25) is 0 Å². The lowest BCUT2D eigenvalue weighted by atomic mass is 10.1. The predicted octanol–water partition coefficient (Wildman–Crippen LogP) is 3.38. The lowest BCUT2D eigenvalue weighted by molar-refractivity contribution is -0.137. The number of carboxylic acids is 1. The minimum absolute atomic E-state index is 0.0734. The molecule has 1 amide bonds. The molecule has 0 bridgehead atoms. The summed E-state index contributed by atoms with van der Waals surface area (Å²) in [5.41, 5.74) is 3.18. The van der Waals surface area contributed by atoms with E-state index < -0.39 is 5.97 Å². The molecule has 2 rings (SSSR count). The Hall–Kier alpha value is -2.10. The van der Waals surface area contributed by atoms with Crippen LogP contribution in [0.4, 0.5) is 0 Å². The molecule has 0 saturated carbocycles. The SMILES string of the molecule is CC1=C(C(=O)N(CCCC(=O)O)Cc2ccccc2)CCC1. The molecular formula is C18H23NO3. The molecule has 0 heterocycles. The zero-order valence-electron chi connectivity index (χ0n) is 13.0. The maximum absolute atomic E-state index is 12.8. The number of hydrogen-bond acceptors (Lipinski definition) is 2. The molecule has 0 fully saturated rings. The summed E-state index contributed by atoms with van der Waals surface area (Å²) in [7, 11) is 0. The first-order valence-electron chi connectivity index (χ1n) is 7.81. The van der Waals surface area contributed by atoms with Gasteiger partial charge >= 0.3 is 5.97 Å². The summed E-state index contributed by atoms with van der Waals surface area (Å²) in [4.78, 5) is 25.3. The van der Waals surface area contributed by atoms with Crippen LogP contribution in [0.25, 0.3) is 0 Å². The maximum atomic E-state index is 12.8. The highest BCUT2D eigenvalue weighted by Crippen LogP contribution is 2.27. The fourth-order valence-electron chi connectivity index (χ4n) is 2.85. The molecule has 0 aromatic heterocycles. The van der Waals surface area contributed by atoms with Gasteiger partial charge in [0.25, 0.3) is 0 Å². The second-order valence-corrected chi connectivity index (χ2v) is 5.82. The van der Waals surface area contributed by atoms with Gasteiger partial charge in [-0.2, -0.15) is 0 Å². The molecule has 1 aromatic carbocycles. The molecule has 0 atom stereocenters. The summed E-state index contributed by atoms with van der Waals surface area (Å²) in [6, 6.07) is 9.84. The van der Waals surface area contributed by atoms with Crippen molar-refractivity contribution >= 4 is 11.9 Å². The van der Waals surface area contributed by atoms with E-state index in [4.69, 9.17) is 5.11 Å². The Morgan fingerprint density at radius 2 is 1.91 bits per heavy atom. The highest BCUT2D eigenvalue weighted by Gasteiger charge is 2.23. The van der Waals surface area contributed by atoms with Crippen molar-refractivity contribution in [2.24, 2.45) is 0 Å². The van der Waals surface area contributed by atoms with Gasteiger partial charge in [0.15, 0.2) is 0 Å². The van der Waals surface area contributed by atoms with E-state index >= 15 is 0 Å². The summed E-state index contributed by atoms with van der Waals surface area (Å²) in [5.74, 6) is -0.743. The maximum Gasteiger partial charge on any atom is 0.303 e. The molecule has 4 nitrogen and oxygen atoms in total. The number of aliphatic carboxylic acids is 1. The highest BCUT2D eigenvalue weighted by molar-refractivity contribution is 5.94. The Bertz CT molecular complexity index is 563. The van der Waals surface area contributed by atoms with Gasteiger partial charge in [-0.3, -0.25) is 9.59 Å². The zero-order valence-corrected chi connectivity index (χ0v) is 13.0. The number of allylic oxidation sites excluding steroid dienone is 1. The number of hydrogen-bond donors (Lipinski definition) is 1. The van der Waals surface area contributed by atoms with Gasteiger partial charge in [-0.1, -0.05) is 35.9 Å². The van der Waals surface area contributed by atoms with Crippen LogP contribution < -0.4 is 0 Å². The number of carboxylic acid groups (broad SMARTS) is 1. The van der Waals surface area contributed by atoms with Crippen molar-refractivity contribution in [1.29, 1.82) is 0 Å². The van der Waals surface area contributed by atoms with E-state index in [-0.39, 0.29) is 12.3 Å². The van der Waals surface area contributed by atoms with Gasteiger partial charge in [0.2, 0.25) is 5.91 Å². The third-order valence-corrected chi connectivity index (χ3v) is 4.07. The van der Waals surface area contributed by atoms with Crippen molar-refractivity contribution in [3.8, 4) is 0 Å². The van der Waals surface area contributed by atoms with Crippen molar-refractivity contribution in [2.75, 3.05) is 6.54 Å². The summed E-state index contributed by atoms with van der Waals surface area (Å²) in [6.45, 7) is 3.05. The highest BCUT2D eigenvalue weighted by atomic mass is 16.4. The van der Waals surface area contributed by atoms with Gasteiger partial charge in [0.1, 0.15) is 0 Å². The lowest BCUT2D eigenvalue weighted by Crippen LogP contribution is -2.33. The Balaban J connectivity index is 2.08. The van der Waals surface area contributed by atoms with Crippen LogP contribution in [0, 0.1) is 0 Å². The van der Waals surface area contributed by atoms with Crippen LogP contribution in [0.3, 0.4) is 0 Å². The van der Waals surface area contributed by atoms with Crippen LogP contribution in [0.15, 0.2) is 41.5 Å². The Morgan fingerprint density at radius 3 is 2.50 bits per heavy atom. The number of carbonyl (C=O) groups is 2. The molecule has 0 saturated heterocycles. The molecule has 22 heavy (non-hydrogen) atoms. The standard InChI is InChI=1S/C18H23NO3/c1-14-7-5-10-16(14)18(22)19(12-6-11-17(20)21)13-15-8-3-2-4-9-15/h2-4,8-9H,5-7,10-13H2,1H3,(H,20,21). The molecule has 0 aliphatic heterocycles. The van der Waals surface area contributed by atoms with Gasteiger partial charge in [0, 0.05) is 25.1 Å². The van der Waals surface area contributed by atoms with Gasteiger partial charge in [0.05, 0.1) is 0 Å². The third kappa shape index (κ3) is 4.45. The molecule has 1 aromatic rings. The lowest BCUT2D eigenvalue weighted by Gasteiger charge is -2.24. The zero-order chi connectivity index (χ0) is 15.9. The van der Waals surface area contributed by atoms with Crippen molar-refractivity contribution < 1.29 is 14.7 Å². The molecule has 4 heteroatoms. The van der Waals surface area contributed by atoms with E-state index in [0.717, 1.165) is 30.4 Å². The quantitative estimate of drug-likeness (QED) is 0.840. The Labute approximate surface area is 131 Å². The van der Waals surface area contributed by atoms with Crippen LogP contribution in [0.5, 0.6) is 0 Å². The summed E-state index contributed by atoms with van der Waals surface area (Å²) in [6.07, 6.45) is 3.46. The number of carbonyl (C=O) groups excluding carboxylic acids is 1. The van der Waals surface area contributed by atoms with Crippen LogP contribution in [-0.2, 0) is 16.1 Å². The van der Waals surface area contributed by atoms with Gasteiger partial charge in [-0.05, 0) is 38.2 Å². The first kappa shape index (κ1) is 16.3. The van der Waals surface area contributed by atoms with Crippen LogP contribution >= 0.6 is 0 Å². The topological polar surface area (TPSA) is 57.6 Å². The van der Waals surface area contributed by atoms with E-state index in [1.807, 2.05) is 37.3 Å². The molecule has 0 spiro atoms. The normalized spacial score (nSPS) is 14.2. The van der Waals surface area contributed by atoms with E-state index in [9.17, 15) is 9.59 Å². The monoisotopic (exact) mass is 301 g/mol. The van der Waals surface area contributed by atoms with E-state index in [1.54, 1.807) is 4.90 Å². The second kappa shape index (κ2) is 7.78. The van der Waals surface area contributed by atoms with Crippen molar-refractivity contribution in [3.05, 3.63) is 47.0 Å². The molecule has 1 aliphatic rings. The summed E-state index contributed by atoms with van der Waals surface area (Å²) in [5, 5.41) is 8.80. The van der Waals surface area contributed by atoms with Crippen molar-refractivity contribution in [2.45, 2.75) is 45.6 Å². The smallest absolute Gasteiger partial charge is 0.303 e. The molecule has 1 aliphatic carbocycles. The molecule has 0 radical (unpaired) electrons. The number of rotatable bonds is 7. The number of nitrogens with zero attached hydrogens (tertiary/aromatic N) is 1. The molecule has 0 unspecified atom stereocenters. The third-order valence-electron chi connectivity index (χ3n) is 4.07. The fraction of sp³-hybridized carbons (Fsp3) is 0.444. The van der Waals surface area contributed by atoms with E-state index in [0.29, 0.717) is 19.5 Å². The largest absolute Gasteiger partial charge is 0.481 e.